The molecule has 3 aliphatic rings. The minimum atomic E-state index is -0.980. The number of nitrogens with two attached hydrogens (primary N) is 1. The smallest absolute Gasteiger partial charge is 0.223 e. The highest BCUT2D eigenvalue weighted by molar-refractivity contribution is 6.34. The number of hydrogen-bond acceptors (Lipinski definition) is 9. The summed E-state index contributed by atoms with van der Waals surface area (Å²) in [6.45, 7) is 1.56. The van der Waals surface area contributed by atoms with Crippen LogP contribution >= 0.6 is 11.6 Å². The van der Waals surface area contributed by atoms with E-state index in [2.05, 4.69) is 9.97 Å². The van der Waals surface area contributed by atoms with Gasteiger partial charge >= 0.3 is 0 Å². The standard InChI is InChI=1S/C21H29ClN4O6/c22-18-12-7-8-26(19(12)25-21(23)24-18)20-16(27)17(32-15-6-2-4-10-29-15)13(31-20)11-30-14-5-1-3-9-28-14/h7-8,13-17,20,27H,1-6,9-11H2,(H2,23,24,25)/t13-,14?,15?,16+,17-,20-/m1/s1. The summed E-state index contributed by atoms with van der Waals surface area (Å²) < 4.78 is 31.5. The lowest BCUT2D eigenvalue weighted by Crippen LogP contribution is -2.41. The zero-order valence-corrected chi connectivity index (χ0v) is 18.5. The van der Waals surface area contributed by atoms with E-state index >= 15 is 0 Å². The van der Waals surface area contributed by atoms with Crippen molar-refractivity contribution in [2.45, 2.75) is 75.6 Å². The molecular formula is C21H29ClN4O6. The van der Waals surface area contributed by atoms with Crippen molar-refractivity contribution in [3.05, 3.63) is 17.4 Å². The molecule has 0 radical (unpaired) electrons. The highest BCUT2D eigenvalue weighted by Gasteiger charge is 2.47. The highest BCUT2D eigenvalue weighted by atomic mass is 35.5. The van der Waals surface area contributed by atoms with E-state index in [-0.39, 0.29) is 30.3 Å². The van der Waals surface area contributed by atoms with Crippen LogP contribution in [-0.4, -0.2) is 70.4 Å². The van der Waals surface area contributed by atoms with Crippen LogP contribution in [0, 0.1) is 0 Å². The molecule has 5 heterocycles. The van der Waals surface area contributed by atoms with Crippen LogP contribution in [0.25, 0.3) is 11.0 Å². The number of aliphatic hydroxyl groups is 1. The first-order valence-electron chi connectivity index (χ1n) is 11.2. The van der Waals surface area contributed by atoms with Crippen LogP contribution in [0.15, 0.2) is 12.3 Å². The van der Waals surface area contributed by atoms with Crippen molar-refractivity contribution in [3.8, 4) is 0 Å². The molecule has 3 N–H and O–H groups in total. The number of rotatable bonds is 6. The molecule has 0 amide bonds. The quantitative estimate of drug-likeness (QED) is 0.615. The molecule has 10 nitrogen and oxygen atoms in total. The van der Waals surface area contributed by atoms with Gasteiger partial charge in [0.05, 0.1) is 12.0 Å². The zero-order valence-electron chi connectivity index (χ0n) is 17.8. The summed E-state index contributed by atoms with van der Waals surface area (Å²) in [7, 11) is 0. The number of ether oxygens (including phenoxy) is 5. The van der Waals surface area contributed by atoms with Gasteiger partial charge in [0.15, 0.2) is 18.8 Å². The predicted octanol–water partition coefficient (Wildman–Crippen LogP) is 2.38. The Bertz CT molecular complexity index is 917. The van der Waals surface area contributed by atoms with Gasteiger partial charge in [0.1, 0.15) is 29.1 Å². The molecule has 0 saturated carbocycles. The molecule has 3 aliphatic heterocycles. The fourth-order valence-electron chi connectivity index (χ4n) is 4.51. The molecule has 11 heteroatoms. The Morgan fingerprint density at radius 3 is 2.59 bits per heavy atom. The summed E-state index contributed by atoms with van der Waals surface area (Å²) in [6, 6.07) is 1.77. The Kier molecular flexibility index (Phi) is 6.79. The summed E-state index contributed by atoms with van der Waals surface area (Å²) in [5.41, 5.74) is 6.28. The van der Waals surface area contributed by atoms with Crippen molar-refractivity contribution in [2.75, 3.05) is 25.6 Å². The van der Waals surface area contributed by atoms with Gasteiger partial charge in [-0.3, -0.25) is 0 Å². The second kappa shape index (κ2) is 9.76. The Labute approximate surface area is 190 Å². The average Bonchev–Trinajstić information content (AvgIpc) is 3.35. The van der Waals surface area contributed by atoms with Crippen molar-refractivity contribution in [1.29, 1.82) is 0 Å². The van der Waals surface area contributed by atoms with Crippen LogP contribution in [0.1, 0.15) is 44.8 Å². The van der Waals surface area contributed by atoms with Crippen molar-refractivity contribution < 1.29 is 28.8 Å². The molecule has 176 valence electrons. The SMILES string of the molecule is Nc1nc(Cl)c2ccn([C@@H]3O[C@H](COC4CCCCO4)[C@@H](OC4CCCCO4)[C@@H]3O)c2n1. The topological polar surface area (TPSA) is 123 Å². The van der Waals surface area contributed by atoms with Crippen LogP contribution < -0.4 is 5.73 Å². The van der Waals surface area contributed by atoms with E-state index in [0.29, 0.717) is 24.2 Å². The molecule has 3 saturated heterocycles. The number of aliphatic hydroxyl groups excluding tert-OH is 1. The van der Waals surface area contributed by atoms with E-state index in [1.54, 1.807) is 16.8 Å². The normalized spacial score (nSPS) is 33.7. The number of aromatic nitrogens is 3. The summed E-state index contributed by atoms with van der Waals surface area (Å²) in [6.07, 6.45) is 3.96. The van der Waals surface area contributed by atoms with E-state index in [1.165, 1.54) is 0 Å². The van der Waals surface area contributed by atoms with E-state index in [0.717, 1.165) is 38.5 Å². The largest absolute Gasteiger partial charge is 0.386 e. The third kappa shape index (κ3) is 4.58. The maximum absolute atomic E-state index is 11.2. The molecule has 2 aromatic heterocycles. The van der Waals surface area contributed by atoms with Gasteiger partial charge in [-0.05, 0) is 44.6 Å². The van der Waals surface area contributed by atoms with Gasteiger partial charge in [-0.25, -0.2) is 4.98 Å². The Hall–Kier alpha value is -1.53. The van der Waals surface area contributed by atoms with Crippen molar-refractivity contribution >= 4 is 28.6 Å². The Morgan fingerprint density at radius 2 is 1.88 bits per heavy atom. The molecule has 0 spiro atoms. The minimum absolute atomic E-state index is 0.0488. The van der Waals surface area contributed by atoms with Crippen molar-refractivity contribution in [1.82, 2.24) is 14.5 Å². The predicted molar refractivity (Wildman–Crippen MR) is 115 cm³/mol. The monoisotopic (exact) mass is 468 g/mol. The number of anilines is 1. The lowest BCUT2D eigenvalue weighted by Gasteiger charge is -2.30. The van der Waals surface area contributed by atoms with E-state index in [9.17, 15) is 5.11 Å². The van der Waals surface area contributed by atoms with Gasteiger partial charge < -0.3 is 39.1 Å². The fraction of sp³-hybridized carbons (Fsp3) is 0.714. The van der Waals surface area contributed by atoms with Gasteiger partial charge in [0.2, 0.25) is 5.95 Å². The lowest BCUT2D eigenvalue weighted by atomic mass is 10.1. The summed E-state index contributed by atoms with van der Waals surface area (Å²) in [5, 5.41) is 12.1. The van der Waals surface area contributed by atoms with Crippen LogP contribution in [0.3, 0.4) is 0 Å². The van der Waals surface area contributed by atoms with Gasteiger partial charge in [-0.1, -0.05) is 11.6 Å². The second-order valence-electron chi connectivity index (χ2n) is 8.41. The van der Waals surface area contributed by atoms with Crippen LogP contribution in [-0.2, 0) is 23.7 Å². The van der Waals surface area contributed by atoms with Crippen LogP contribution in [0.4, 0.5) is 5.95 Å². The molecule has 6 atom stereocenters. The summed E-state index contributed by atoms with van der Waals surface area (Å²) in [4.78, 5) is 8.29. The van der Waals surface area contributed by atoms with Gasteiger partial charge in [-0.2, -0.15) is 4.98 Å². The number of hydrogen-bond donors (Lipinski definition) is 2. The van der Waals surface area contributed by atoms with Crippen molar-refractivity contribution in [3.63, 3.8) is 0 Å². The Balaban J connectivity index is 1.37. The first kappa shape index (κ1) is 22.3. The number of fused-ring (bicyclic) bond motifs is 1. The summed E-state index contributed by atoms with van der Waals surface area (Å²) in [5.74, 6) is 0.0488. The molecule has 0 aliphatic carbocycles. The number of nitrogen functional groups attached to an aromatic ring is 1. The van der Waals surface area contributed by atoms with Crippen molar-refractivity contribution in [2.24, 2.45) is 0 Å². The molecule has 3 fully saturated rings. The number of nitrogens with zero attached hydrogens (tertiary/aromatic N) is 3. The Morgan fingerprint density at radius 1 is 1.12 bits per heavy atom. The highest BCUT2D eigenvalue weighted by Crippen LogP contribution is 2.36. The second-order valence-corrected chi connectivity index (χ2v) is 8.77. The van der Waals surface area contributed by atoms with Gasteiger partial charge in [0.25, 0.3) is 0 Å². The van der Waals surface area contributed by atoms with Gasteiger partial charge in [0, 0.05) is 19.4 Å². The number of halogens is 1. The fourth-order valence-corrected chi connectivity index (χ4v) is 4.74. The van der Waals surface area contributed by atoms with Gasteiger partial charge in [-0.15, -0.1) is 0 Å². The molecule has 0 bridgehead atoms. The third-order valence-electron chi connectivity index (χ3n) is 6.16. The van der Waals surface area contributed by atoms with Crippen LogP contribution in [0.2, 0.25) is 5.15 Å². The van der Waals surface area contributed by atoms with E-state index in [4.69, 9.17) is 41.0 Å². The molecule has 5 rings (SSSR count). The molecule has 2 aromatic rings. The third-order valence-corrected chi connectivity index (χ3v) is 6.45. The molecule has 0 aromatic carbocycles. The maximum atomic E-state index is 11.2. The average molecular weight is 469 g/mol. The first-order valence-corrected chi connectivity index (χ1v) is 11.6. The van der Waals surface area contributed by atoms with Crippen LogP contribution in [0.5, 0.6) is 0 Å². The molecular weight excluding hydrogens is 440 g/mol. The molecule has 32 heavy (non-hydrogen) atoms. The van der Waals surface area contributed by atoms with E-state index < -0.39 is 24.5 Å². The molecule has 2 unspecified atom stereocenters. The summed E-state index contributed by atoms with van der Waals surface area (Å²) >= 11 is 6.22. The first-order chi connectivity index (χ1) is 15.6. The lowest BCUT2D eigenvalue weighted by molar-refractivity contribution is -0.223. The minimum Gasteiger partial charge on any atom is -0.386 e. The van der Waals surface area contributed by atoms with E-state index in [1.807, 2.05) is 0 Å². The maximum Gasteiger partial charge on any atom is 0.223 e. The zero-order chi connectivity index (χ0) is 22.1.